The van der Waals surface area contributed by atoms with E-state index in [4.69, 9.17) is 10.5 Å². The molecule has 0 radical (unpaired) electrons. The molecule has 0 aliphatic heterocycles. The molecule has 19 heavy (non-hydrogen) atoms. The van der Waals surface area contributed by atoms with E-state index in [9.17, 15) is 4.79 Å². The third-order valence-electron chi connectivity index (χ3n) is 3.47. The lowest BCUT2D eigenvalue weighted by atomic mass is 9.83. The molecule has 0 unspecified atom stereocenters. The van der Waals surface area contributed by atoms with Crippen molar-refractivity contribution >= 4 is 17.5 Å². The Labute approximate surface area is 113 Å². The van der Waals surface area contributed by atoms with Crippen molar-refractivity contribution in [2.75, 3.05) is 24.2 Å². The predicted molar refractivity (Wildman–Crippen MR) is 75.1 cm³/mol. The van der Waals surface area contributed by atoms with E-state index in [1.807, 2.05) is 0 Å². The molecule has 1 aliphatic carbocycles. The van der Waals surface area contributed by atoms with Crippen molar-refractivity contribution < 1.29 is 9.53 Å². The Morgan fingerprint density at radius 3 is 3.00 bits per heavy atom. The number of nitrogen functional groups attached to an aromatic ring is 1. The van der Waals surface area contributed by atoms with E-state index in [1.54, 1.807) is 19.2 Å². The maximum atomic E-state index is 11.8. The SMILES string of the molecule is CCOC(=O)c1cc(N)cnc1NCCC1CCC1. The van der Waals surface area contributed by atoms with E-state index in [1.165, 1.54) is 19.3 Å². The lowest BCUT2D eigenvalue weighted by molar-refractivity contribution is 0.0527. The molecule has 5 nitrogen and oxygen atoms in total. The summed E-state index contributed by atoms with van der Waals surface area (Å²) in [5, 5.41) is 3.21. The van der Waals surface area contributed by atoms with Crippen molar-refractivity contribution in [3.05, 3.63) is 17.8 Å². The highest BCUT2D eigenvalue weighted by Gasteiger charge is 2.18. The zero-order valence-electron chi connectivity index (χ0n) is 11.3. The van der Waals surface area contributed by atoms with Gasteiger partial charge in [0.2, 0.25) is 0 Å². The second kappa shape index (κ2) is 6.41. The first-order chi connectivity index (χ1) is 9.20. The van der Waals surface area contributed by atoms with Gasteiger partial charge in [0.05, 0.1) is 18.5 Å². The van der Waals surface area contributed by atoms with E-state index in [-0.39, 0.29) is 5.97 Å². The highest BCUT2D eigenvalue weighted by Crippen LogP contribution is 2.29. The third-order valence-corrected chi connectivity index (χ3v) is 3.47. The first kappa shape index (κ1) is 13.6. The summed E-state index contributed by atoms with van der Waals surface area (Å²) in [6, 6.07) is 1.61. The first-order valence-electron chi connectivity index (χ1n) is 6.87. The summed E-state index contributed by atoms with van der Waals surface area (Å²) in [6.07, 6.45) is 6.66. The summed E-state index contributed by atoms with van der Waals surface area (Å²) in [7, 11) is 0. The highest BCUT2D eigenvalue weighted by molar-refractivity contribution is 5.95. The molecule has 1 aliphatic rings. The summed E-state index contributed by atoms with van der Waals surface area (Å²) in [6.45, 7) is 2.95. The minimum Gasteiger partial charge on any atom is -0.462 e. The number of aromatic nitrogens is 1. The smallest absolute Gasteiger partial charge is 0.341 e. The summed E-state index contributed by atoms with van der Waals surface area (Å²) in [4.78, 5) is 16.0. The van der Waals surface area contributed by atoms with Gasteiger partial charge in [0.15, 0.2) is 0 Å². The van der Waals surface area contributed by atoms with Crippen LogP contribution in [-0.2, 0) is 4.74 Å². The second-order valence-electron chi connectivity index (χ2n) is 4.90. The molecule has 1 aromatic rings. The molecule has 0 saturated heterocycles. The molecule has 2 rings (SSSR count). The van der Waals surface area contributed by atoms with Crippen LogP contribution in [0.1, 0.15) is 43.0 Å². The molecular formula is C14H21N3O2. The zero-order valence-corrected chi connectivity index (χ0v) is 11.3. The zero-order chi connectivity index (χ0) is 13.7. The molecule has 0 amide bonds. The topological polar surface area (TPSA) is 77.2 Å². The second-order valence-corrected chi connectivity index (χ2v) is 4.90. The van der Waals surface area contributed by atoms with Gasteiger partial charge in [0.1, 0.15) is 11.4 Å². The Kier molecular flexibility index (Phi) is 4.60. The van der Waals surface area contributed by atoms with Crippen LogP contribution in [0, 0.1) is 5.92 Å². The van der Waals surface area contributed by atoms with Crippen molar-refractivity contribution in [3.8, 4) is 0 Å². The van der Waals surface area contributed by atoms with E-state index in [2.05, 4.69) is 10.3 Å². The largest absolute Gasteiger partial charge is 0.462 e. The van der Waals surface area contributed by atoms with Crippen molar-refractivity contribution in [1.29, 1.82) is 0 Å². The van der Waals surface area contributed by atoms with Gasteiger partial charge in [-0.2, -0.15) is 0 Å². The van der Waals surface area contributed by atoms with Gasteiger partial charge in [-0.3, -0.25) is 0 Å². The van der Waals surface area contributed by atoms with Crippen LogP contribution >= 0.6 is 0 Å². The molecule has 1 fully saturated rings. The number of carbonyl (C=O) groups is 1. The molecule has 3 N–H and O–H groups in total. The Balaban J connectivity index is 1.98. The maximum Gasteiger partial charge on any atom is 0.341 e. The minimum absolute atomic E-state index is 0.342. The maximum absolute atomic E-state index is 11.8. The van der Waals surface area contributed by atoms with Crippen LogP contribution < -0.4 is 11.1 Å². The fraction of sp³-hybridized carbons (Fsp3) is 0.571. The number of nitrogens with one attached hydrogen (secondary N) is 1. The number of anilines is 2. The molecular weight excluding hydrogens is 242 g/mol. The first-order valence-corrected chi connectivity index (χ1v) is 6.87. The fourth-order valence-electron chi connectivity index (χ4n) is 2.16. The van der Waals surface area contributed by atoms with Gasteiger partial charge >= 0.3 is 5.97 Å². The van der Waals surface area contributed by atoms with Crippen molar-refractivity contribution in [2.24, 2.45) is 5.92 Å². The number of hydrogen-bond acceptors (Lipinski definition) is 5. The Morgan fingerprint density at radius 2 is 2.37 bits per heavy atom. The van der Waals surface area contributed by atoms with Gasteiger partial charge in [0.25, 0.3) is 0 Å². The number of ether oxygens (including phenoxy) is 1. The van der Waals surface area contributed by atoms with E-state index < -0.39 is 0 Å². The number of carbonyl (C=O) groups excluding carboxylic acids is 1. The van der Waals surface area contributed by atoms with Crippen LogP contribution in [0.15, 0.2) is 12.3 Å². The average molecular weight is 263 g/mol. The van der Waals surface area contributed by atoms with E-state index in [0.29, 0.717) is 23.7 Å². The Morgan fingerprint density at radius 1 is 1.58 bits per heavy atom. The van der Waals surface area contributed by atoms with Crippen LogP contribution in [0.3, 0.4) is 0 Å². The van der Waals surface area contributed by atoms with Crippen molar-refractivity contribution in [1.82, 2.24) is 4.98 Å². The number of hydrogen-bond donors (Lipinski definition) is 2. The summed E-state index contributed by atoms with van der Waals surface area (Å²) in [5.41, 5.74) is 6.55. The molecule has 0 aromatic carbocycles. The van der Waals surface area contributed by atoms with Crippen LogP contribution in [0.25, 0.3) is 0 Å². The minimum atomic E-state index is -0.381. The number of nitrogens with two attached hydrogens (primary N) is 1. The standard InChI is InChI=1S/C14H21N3O2/c1-2-19-14(18)12-8-11(15)9-17-13(12)16-7-6-10-4-3-5-10/h8-10H,2-7,15H2,1H3,(H,16,17). The Hall–Kier alpha value is -1.78. The highest BCUT2D eigenvalue weighted by atomic mass is 16.5. The van der Waals surface area contributed by atoms with Gasteiger partial charge in [-0.1, -0.05) is 19.3 Å². The van der Waals surface area contributed by atoms with Crippen LogP contribution in [0.2, 0.25) is 0 Å². The molecule has 0 spiro atoms. The number of nitrogens with zero attached hydrogens (tertiary/aromatic N) is 1. The number of rotatable bonds is 6. The van der Waals surface area contributed by atoms with Gasteiger partial charge in [-0.25, -0.2) is 9.78 Å². The molecule has 0 atom stereocenters. The molecule has 5 heteroatoms. The lowest BCUT2D eigenvalue weighted by Crippen LogP contribution is -2.18. The Bertz CT molecular complexity index is 444. The predicted octanol–water partition coefficient (Wildman–Crippen LogP) is 2.44. The summed E-state index contributed by atoms with van der Waals surface area (Å²) in [5.74, 6) is 1.01. The van der Waals surface area contributed by atoms with Gasteiger partial charge < -0.3 is 15.8 Å². The molecule has 1 saturated carbocycles. The molecule has 1 aromatic heterocycles. The lowest BCUT2D eigenvalue weighted by Gasteiger charge is -2.25. The fourth-order valence-corrected chi connectivity index (χ4v) is 2.16. The monoisotopic (exact) mass is 263 g/mol. The quantitative estimate of drug-likeness (QED) is 0.771. The van der Waals surface area contributed by atoms with Crippen LogP contribution in [-0.4, -0.2) is 24.1 Å². The molecule has 104 valence electrons. The van der Waals surface area contributed by atoms with Crippen molar-refractivity contribution in [3.63, 3.8) is 0 Å². The summed E-state index contributed by atoms with van der Waals surface area (Å²) >= 11 is 0. The van der Waals surface area contributed by atoms with Gasteiger partial charge in [-0.15, -0.1) is 0 Å². The average Bonchev–Trinajstić information content (AvgIpc) is 2.34. The number of pyridine rings is 1. The van der Waals surface area contributed by atoms with E-state index in [0.717, 1.165) is 18.9 Å². The van der Waals surface area contributed by atoms with E-state index >= 15 is 0 Å². The normalized spacial score (nSPS) is 14.8. The van der Waals surface area contributed by atoms with Gasteiger partial charge in [-0.05, 0) is 25.3 Å². The molecule has 1 heterocycles. The number of esters is 1. The van der Waals surface area contributed by atoms with Gasteiger partial charge in [0, 0.05) is 6.54 Å². The third kappa shape index (κ3) is 3.59. The van der Waals surface area contributed by atoms with Crippen LogP contribution in [0.4, 0.5) is 11.5 Å². The van der Waals surface area contributed by atoms with Crippen LogP contribution in [0.5, 0.6) is 0 Å². The van der Waals surface area contributed by atoms with Crippen molar-refractivity contribution in [2.45, 2.75) is 32.6 Å². The molecule has 0 bridgehead atoms. The summed E-state index contributed by atoms with van der Waals surface area (Å²) < 4.78 is 5.01.